The van der Waals surface area contributed by atoms with Crippen LogP contribution in [0.3, 0.4) is 0 Å². The zero-order valence-corrected chi connectivity index (χ0v) is 11.4. The highest BCUT2D eigenvalue weighted by Gasteiger charge is 2.18. The van der Waals surface area contributed by atoms with Crippen molar-refractivity contribution in [3.8, 4) is 17.1 Å². The van der Waals surface area contributed by atoms with Gasteiger partial charge in [0.2, 0.25) is 11.9 Å². The molecule has 0 aliphatic carbocycles. The molecule has 0 atom stereocenters. The number of para-hydroxylation sites is 1. The largest absolute Gasteiger partial charge is 0.496 e. The first-order valence-corrected chi connectivity index (χ1v) is 6.68. The van der Waals surface area contributed by atoms with Crippen molar-refractivity contribution in [2.75, 3.05) is 30.8 Å². The average molecular weight is 271 g/mol. The van der Waals surface area contributed by atoms with E-state index < -0.39 is 0 Å². The fourth-order valence-corrected chi connectivity index (χ4v) is 2.39. The molecule has 6 nitrogen and oxygen atoms in total. The zero-order valence-electron chi connectivity index (χ0n) is 11.4. The van der Waals surface area contributed by atoms with Crippen molar-refractivity contribution >= 4 is 11.9 Å². The fourth-order valence-electron chi connectivity index (χ4n) is 2.39. The van der Waals surface area contributed by atoms with Gasteiger partial charge in [-0.25, -0.2) is 0 Å². The van der Waals surface area contributed by atoms with Crippen LogP contribution in [-0.4, -0.2) is 35.2 Å². The Morgan fingerprint density at radius 2 is 1.85 bits per heavy atom. The predicted molar refractivity (Wildman–Crippen MR) is 77.7 cm³/mol. The molecule has 0 radical (unpaired) electrons. The van der Waals surface area contributed by atoms with Gasteiger partial charge in [0, 0.05) is 13.1 Å². The van der Waals surface area contributed by atoms with Crippen LogP contribution in [0.1, 0.15) is 12.8 Å². The van der Waals surface area contributed by atoms with Crippen LogP contribution in [0.25, 0.3) is 11.4 Å². The summed E-state index contributed by atoms with van der Waals surface area (Å²) in [4.78, 5) is 15.1. The molecule has 0 spiro atoms. The molecule has 0 unspecified atom stereocenters. The Labute approximate surface area is 117 Å². The van der Waals surface area contributed by atoms with Crippen LogP contribution in [0.4, 0.5) is 11.9 Å². The lowest BCUT2D eigenvalue weighted by molar-refractivity contribution is 0.416. The van der Waals surface area contributed by atoms with E-state index in [0.717, 1.165) is 37.2 Å². The first-order valence-electron chi connectivity index (χ1n) is 6.68. The Balaban J connectivity index is 2.04. The molecule has 0 saturated carbocycles. The van der Waals surface area contributed by atoms with Crippen LogP contribution < -0.4 is 15.4 Å². The molecule has 0 bridgehead atoms. The monoisotopic (exact) mass is 271 g/mol. The van der Waals surface area contributed by atoms with Gasteiger partial charge >= 0.3 is 0 Å². The van der Waals surface area contributed by atoms with E-state index >= 15 is 0 Å². The first-order chi connectivity index (χ1) is 9.78. The Bertz CT molecular complexity index is 610. The lowest BCUT2D eigenvalue weighted by atomic mass is 10.2. The molecule has 1 aliphatic rings. The summed E-state index contributed by atoms with van der Waals surface area (Å²) in [5.41, 5.74) is 6.65. The van der Waals surface area contributed by atoms with E-state index in [2.05, 4.69) is 19.9 Å². The van der Waals surface area contributed by atoms with Gasteiger partial charge in [-0.15, -0.1) is 0 Å². The Kier molecular flexibility index (Phi) is 3.37. The lowest BCUT2D eigenvalue weighted by Crippen LogP contribution is -2.21. The SMILES string of the molecule is COc1ccccc1-c1nc(N)nc(N2CCCC2)n1. The van der Waals surface area contributed by atoms with Crippen molar-refractivity contribution in [3.05, 3.63) is 24.3 Å². The minimum atomic E-state index is 0.239. The van der Waals surface area contributed by atoms with Crippen molar-refractivity contribution in [2.45, 2.75) is 12.8 Å². The van der Waals surface area contributed by atoms with Gasteiger partial charge in [-0.3, -0.25) is 0 Å². The van der Waals surface area contributed by atoms with Gasteiger partial charge in [-0.2, -0.15) is 15.0 Å². The van der Waals surface area contributed by atoms with Crippen molar-refractivity contribution in [1.82, 2.24) is 15.0 Å². The molecule has 6 heteroatoms. The van der Waals surface area contributed by atoms with E-state index in [4.69, 9.17) is 10.5 Å². The van der Waals surface area contributed by atoms with Gasteiger partial charge in [-0.1, -0.05) is 12.1 Å². The number of nitrogens with zero attached hydrogens (tertiary/aromatic N) is 4. The number of rotatable bonds is 3. The second kappa shape index (κ2) is 5.32. The smallest absolute Gasteiger partial charge is 0.230 e. The lowest BCUT2D eigenvalue weighted by Gasteiger charge is -2.16. The molecule has 20 heavy (non-hydrogen) atoms. The summed E-state index contributed by atoms with van der Waals surface area (Å²) in [7, 11) is 1.63. The molecule has 1 fully saturated rings. The number of ether oxygens (including phenoxy) is 1. The maximum atomic E-state index is 5.83. The van der Waals surface area contributed by atoms with Gasteiger partial charge < -0.3 is 15.4 Å². The summed E-state index contributed by atoms with van der Waals surface area (Å²) in [5, 5.41) is 0. The van der Waals surface area contributed by atoms with Crippen molar-refractivity contribution in [2.24, 2.45) is 0 Å². The molecule has 1 aromatic heterocycles. The number of hydrogen-bond acceptors (Lipinski definition) is 6. The number of methoxy groups -OCH3 is 1. The van der Waals surface area contributed by atoms with Gasteiger partial charge in [0.25, 0.3) is 0 Å². The zero-order chi connectivity index (χ0) is 13.9. The summed E-state index contributed by atoms with van der Waals surface area (Å²) in [5.74, 6) is 2.17. The van der Waals surface area contributed by atoms with Crippen LogP contribution in [0.15, 0.2) is 24.3 Å². The van der Waals surface area contributed by atoms with Crippen LogP contribution in [-0.2, 0) is 0 Å². The molecule has 3 rings (SSSR count). The molecule has 2 N–H and O–H groups in total. The number of nitrogen functional groups attached to an aromatic ring is 1. The molecule has 1 saturated heterocycles. The Morgan fingerprint density at radius 1 is 1.10 bits per heavy atom. The Morgan fingerprint density at radius 3 is 2.60 bits per heavy atom. The quantitative estimate of drug-likeness (QED) is 0.916. The standard InChI is InChI=1S/C14H17N5O/c1-20-11-7-3-2-6-10(11)12-16-13(15)18-14(17-12)19-8-4-5-9-19/h2-3,6-7H,4-5,8-9H2,1H3,(H2,15,16,17,18). The highest BCUT2D eigenvalue weighted by atomic mass is 16.5. The second-order valence-corrected chi connectivity index (χ2v) is 4.71. The van der Waals surface area contributed by atoms with E-state index in [1.807, 2.05) is 24.3 Å². The van der Waals surface area contributed by atoms with E-state index in [1.165, 1.54) is 0 Å². The van der Waals surface area contributed by atoms with Crippen LogP contribution in [0.2, 0.25) is 0 Å². The van der Waals surface area contributed by atoms with Crippen LogP contribution in [0.5, 0.6) is 5.75 Å². The maximum absolute atomic E-state index is 5.83. The maximum Gasteiger partial charge on any atom is 0.230 e. The van der Waals surface area contributed by atoms with E-state index in [9.17, 15) is 0 Å². The van der Waals surface area contributed by atoms with E-state index in [0.29, 0.717) is 11.8 Å². The van der Waals surface area contributed by atoms with E-state index in [1.54, 1.807) is 7.11 Å². The summed E-state index contributed by atoms with van der Waals surface area (Å²) < 4.78 is 5.35. The third-order valence-corrected chi connectivity index (χ3v) is 3.38. The van der Waals surface area contributed by atoms with Gasteiger partial charge in [0.15, 0.2) is 5.82 Å². The highest BCUT2D eigenvalue weighted by Crippen LogP contribution is 2.28. The molecule has 1 aromatic carbocycles. The minimum absolute atomic E-state index is 0.239. The van der Waals surface area contributed by atoms with Gasteiger partial charge in [-0.05, 0) is 25.0 Å². The normalized spacial score (nSPS) is 14.6. The summed E-state index contributed by atoms with van der Waals surface area (Å²) in [6, 6.07) is 7.63. The first kappa shape index (κ1) is 12.7. The number of hydrogen-bond donors (Lipinski definition) is 1. The van der Waals surface area contributed by atoms with Crippen LogP contribution in [0, 0.1) is 0 Å². The van der Waals surface area contributed by atoms with E-state index in [-0.39, 0.29) is 5.95 Å². The summed E-state index contributed by atoms with van der Waals surface area (Å²) in [6.07, 6.45) is 2.32. The van der Waals surface area contributed by atoms with Gasteiger partial charge in [0.05, 0.1) is 12.7 Å². The minimum Gasteiger partial charge on any atom is -0.496 e. The highest BCUT2D eigenvalue weighted by molar-refractivity contribution is 5.65. The third kappa shape index (κ3) is 2.36. The van der Waals surface area contributed by atoms with Crippen molar-refractivity contribution in [3.63, 3.8) is 0 Å². The predicted octanol–water partition coefficient (Wildman–Crippen LogP) is 1.73. The summed E-state index contributed by atoms with van der Waals surface area (Å²) >= 11 is 0. The van der Waals surface area contributed by atoms with Crippen LogP contribution >= 0.6 is 0 Å². The third-order valence-electron chi connectivity index (χ3n) is 3.38. The number of aromatic nitrogens is 3. The molecule has 2 heterocycles. The molecular formula is C14H17N5O. The molecule has 0 amide bonds. The topological polar surface area (TPSA) is 77.2 Å². The number of anilines is 2. The molecular weight excluding hydrogens is 254 g/mol. The summed E-state index contributed by atoms with van der Waals surface area (Å²) in [6.45, 7) is 1.93. The Hall–Kier alpha value is -2.37. The second-order valence-electron chi connectivity index (χ2n) is 4.71. The van der Waals surface area contributed by atoms with Crippen molar-refractivity contribution < 1.29 is 4.74 Å². The number of nitrogens with two attached hydrogens (primary N) is 1. The molecule has 104 valence electrons. The van der Waals surface area contributed by atoms with Crippen molar-refractivity contribution in [1.29, 1.82) is 0 Å². The average Bonchev–Trinajstić information content (AvgIpc) is 3.01. The van der Waals surface area contributed by atoms with Gasteiger partial charge in [0.1, 0.15) is 5.75 Å². The fraction of sp³-hybridized carbons (Fsp3) is 0.357. The molecule has 1 aliphatic heterocycles. The molecule has 2 aromatic rings. The number of benzene rings is 1.